The van der Waals surface area contributed by atoms with Crippen molar-refractivity contribution in [3.05, 3.63) is 36.5 Å². The first-order chi connectivity index (χ1) is 30.5. The lowest BCUT2D eigenvalue weighted by atomic mass is 10.00. The van der Waals surface area contributed by atoms with Crippen molar-refractivity contribution in [1.82, 2.24) is 0 Å². The van der Waals surface area contributed by atoms with Crippen LogP contribution in [-0.2, 0) is 38.7 Å². The zero-order valence-electron chi connectivity index (χ0n) is 39.4. The average molecular weight is 915 g/mol. The van der Waals surface area contributed by atoms with Gasteiger partial charge in [0.2, 0.25) is 0 Å². The van der Waals surface area contributed by atoms with E-state index in [4.69, 9.17) is 18.9 Å². The van der Waals surface area contributed by atoms with E-state index in [0.29, 0.717) is 19.3 Å². The summed E-state index contributed by atoms with van der Waals surface area (Å²) < 4.78 is 54.1. The predicted octanol–water partition coefficient (Wildman–Crippen LogP) is 11.0. The maximum Gasteiger partial charge on any atom is 0.306 e. The maximum absolute atomic E-state index is 12.8. The molecule has 6 atom stereocenters. The first-order valence-corrected chi connectivity index (χ1v) is 26.7. The van der Waals surface area contributed by atoms with Gasteiger partial charge in [-0.25, -0.2) is 0 Å². The predicted molar refractivity (Wildman–Crippen MR) is 252 cm³/mol. The van der Waals surface area contributed by atoms with Crippen LogP contribution < -0.4 is 0 Å². The molecule has 0 radical (unpaired) electrons. The van der Waals surface area contributed by atoms with Crippen LogP contribution in [-0.4, -0.2) is 96.0 Å². The number of rotatable bonds is 42. The lowest BCUT2D eigenvalue weighted by molar-refractivity contribution is -0.297. The van der Waals surface area contributed by atoms with Gasteiger partial charge >= 0.3 is 11.9 Å². The summed E-state index contributed by atoms with van der Waals surface area (Å²) in [5, 5.41) is 30.9. The van der Waals surface area contributed by atoms with E-state index in [1.807, 2.05) is 6.08 Å². The number of hydrogen-bond acceptors (Lipinski definition) is 11. The van der Waals surface area contributed by atoms with Crippen molar-refractivity contribution in [1.29, 1.82) is 0 Å². The minimum Gasteiger partial charge on any atom is -0.462 e. The van der Waals surface area contributed by atoms with Crippen LogP contribution in [0.4, 0.5) is 0 Å². The van der Waals surface area contributed by atoms with Crippen LogP contribution in [0, 0.1) is 0 Å². The molecule has 0 bridgehead atoms. The van der Waals surface area contributed by atoms with Crippen molar-refractivity contribution in [2.24, 2.45) is 0 Å². The fourth-order valence-electron chi connectivity index (χ4n) is 7.52. The lowest BCUT2D eigenvalue weighted by Gasteiger charge is -2.40. The summed E-state index contributed by atoms with van der Waals surface area (Å²) in [4.78, 5) is 25.4. The normalized spacial score (nSPS) is 20.0. The summed E-state index contributed by atoms with van der Waals surface area (Å²) >= 11 is 0. The van der Waals surface area contributed by atoms with E-state index >= 15 is 0 Å². The molecular weight excluding hydrogens is 825 g/mol. The van der Waals surface area contributed by atoms with E-state index < -0.39 is 71.2 Å². The van der Waals surface area contributed by atoms with Gasteiger partial charge < -0.3 is 34.3 Å². The van der Waals surface area contributed by atoms with E-state index in [0.717, 1.165) is 57.8 Å². The molecule has 4 N–H and O–H groups in total. The molecule has 1 aliphatic heterocycles. The molecule has 0 aromatic rings. The Morgan fingerprint density at radius 1 is 0.524 bits per heavy atom. The molecule has 0 aromatic carbocycles. The van der Waals surface area contributed by atoms with E-state index in [2.05, 4.69) is 44.2 Å². The van der Waals surface area contributed by atoms with Gasteiger partial charge in [0.25, 0.3) is 10.1 Å². The third-order valence-corrected chi connectivity index (χ3v) is 12.2. The molecule has 2 unspecified atom stereocenters. The van der Waals surface area contributed by atoms with Gasteiger partial charge in [-0.15, -0.1) is 0 Å². The third-order valence-electron chi connectivity index (χ3n) is 11.4. The Balaban J connectivity index is 2.39. The van der Waals surface area contributed by atoms with Gasteiger partial charge in [0.05, 0.1) is 6.61 Å². The number of ether oxygens (including phenoxy) is 4. The fraction of sp³-hybridized carbons (Fsp3) is 0.840. The van der Waals surface area contributed by atoms with Gasteiger partial charge in [-0.3, -0.25) is 14.1 Å². The van der Waals surface area contributed by atoms with Gasteiger partial charge in [0.1, 0.15) is 36.8 Å². The Morgan fingerprint density at radius 2 is 0.937 bits per heavy atom. The maximum atomic E-state index is 12.8. The van der Waals surface area contributed by atoms with Crippen molar-refractivity contribution in [3.8, 4) is 0 Å². The number of hydrogen-bond donors (Lipinski definition) is 4. The van der Waals surface area contributed by atoms with E-state index in [1.54, 1.807) is 0 Å². The number of allylic oxidation sites excluding steroid dienone is 6. The van der Waals surface area contributed by atoms with E-state index in [-0.39, 0.29) is 19.4 Å². The van der Waals surface area contributed by atoms with Gasteiger partial charge in [-0.1, -0.05) is 166 Å². The second-order valence-corrected chi connectivity index (χ2v) is 19.0. The average Bonchev–Trinajstić information content (AvgIpc) is 3.25. The largest absolute Gasteiger partial charge is 0.462 e. The van der Waals surface area contributed by atoms with Crippen LogP contribution in [0.2, 0.25) is 0 Å². The smallest absolute Gasteiger partial charge is 0.306 e. The molecule has 0 spiro atoms. The molecule has 12 nitrogen and oxygen atoms in total. The topological polar surface area (TPSA) is 186 Å². The summed E-state index contributed by atoms with van der Waals surface area (Å²) in [7, 11) is -4.61. The molecule has 0 aliphatic carbocycles. The SMILES string of the molecule is CCCCC/C=C/CCCCCCCC(=O)OC[C@H](CO[C@H]1O[C@H](CS(=O)(=O)O)[C@@H](O)C(O)C1O)OC(=O)CCC/C=C/CC/C=C/CCCCCCCCCCCCCCCC. The van der Waals surface area contributed by atoms with Gasteiger partial charge in [-0.2, -0.15) is 8.42 Å². The third kappa shape index (κ3) is 34.8. The highest BCUT2D eigenvalue weighted by Gasteiger charge is 2.46. The Labute approximate surface area is 382 Å². The number of unbranched alkanes of at least 4 members (excludes halogenated alkanes) is 24. The molecule has 1 heterocycles. The number of carbonyl (C=O) groups excluding carboxylic acids is 2. The second-order valence-electron chi connectivity index (χ2n) is 17.5. The standard InChI is InChI=1S/C50H90O12S/c1-3-5-7-9-11-13-15-17-18-19-20-21-22-23-24-25-26-27-29-31-33-35-37-39-46(52)61-43(41-60-50-49(55)48(54)47(53)44(62-50)42-63(56,57)58)40-59-45(51)38-36-34-32-30-28-16-14-12-10-8-6-4-2/h12,14,25-26,31,33,43-44,47-50,53-55H,3-11,13,15-24,27-30,32,34-42H2,1-2H3,(H,56,57,58)/b14-12+,26-25+,33-31+/t43-,44-,47-,48?,49?,50+/m1/s1. The Bertz CT molecular complexity index is 1300. The highest BCUT2D eigenvalue weighted by Crippen LogP contribution is 2.24. The summed E-state index contributed by atoms with van der Waals surface area (Å²) in [6.07, 6.45) is 37.8. The van der Waals surface area contributed by atoms with Crippen LogP contribution >= 0.6 is 0 Å². The Morgan fingerprint density at radius 3 is 1.44 bits per heavy atom. The van der Waals surface area contributed by atoms with Crippen LogP contribution in [0.25, 0.3) is 0 Å². The molecule has 63 heavy (non-hydrogen) atoms. The number of aliphatic hydroxyl groups excluding tert-OH is 3. The van der Waals surface area contributed by atoms with Crippen LogP contribution in [0.3, 0.4) is 0 Å². The van der Waals surface area contributed by atoms with Crippen molar-refractivity contribution >= 4 is 22.1 Å². The Kier molecular flexibility index (Phi) is 37.5. The number of aliphatic hydroxyl groups is 3. The van der Waals surface area contributed by atoms with Gasteiger partial charge in [0.15, 0.2) is 12.4 Å². The molecule has 1 aliphatic rings. The first-order valence-electron chi connectivity index (χ1n) is 25.0. The lowest BCUT2D eigenvalue weighted by Crippen LogP contribution is -2.60. The molecule has 0 aromatic heterocycles. The quantitative estimate of drug-likeness (QED) is 0.0197. The first kappa shape index (κ1) is 58.9. The van der Waals surface area contributed by atoms with Gasteiger partial charge in [0, 0.05) is 12.8 Å². The number of carbonyl (C=O) groups is 2. The van der Waals surface area contributed by atoms with Gasteiger partial charge in [-0.05, 0) is 70.6 Å². The van der Waals surface area contributed by atoms with Crippen molar-refractivity contribution < 1.29 is 56.8 Å². The van der Waals surface area contributed by atoms with Crippen molar-refractivity contribution in [2.45, 2.75) is 250 Å². The highest BCUT2D eigenvalue weighted by molar-refractivity contribution is 7.85. The van der Waals surface area contributed by atoms with E-state index in [9.17, 15) is 37.9 Å². The summed E-state index contributed by atoms with van der Waals surface area (Å²) in [6.45, 7) is 3.71. The minimum atomic E-state index is -4.61. The zero-order chi connectivity index (χ0) is 46.2. The molecule has 13 heteroatoms. The highest BCUT2D eigenvalue weighted by atomic mass is 32.2. The van der Waals surface area contributed by atoms with Crippen LogP contribution in [0.5, 0.6) is 0 Å². The van der Waals surface area contributed by atoms with Crippen LogP contribution in [0.15, 0.2) is 36.5 Å². The molecular formula is C50H90O12S. The summed E-state index contributed by atoms with van der Waals surface area (Å²) in [5.74, 6) is -2.05. The van der Waals surface area contributed by atoms with Crippen LogP contribution in [0.1, 0.15) is 213 Å². The second kappa shape index (κ2) is 40.2. The molecule has 0 amide bonds. The summed E-state index contributed by atoms with van der Waals surface area (Å²) in [6, 6.07) is 0. The summed E-state index contributed by atoms with van der Waals surface area (Å²) in [5.41, 5.74) is 0. The van der Waals surface area contributed by atoms with Crippen molar-refractivity contribution in [2.75, 3.05) is 19.0 Å². The number of esters is 2. The molecule has 368 valence electrons. The molecule has 1 rings (SSSR count). The molecule has 1 fully saturated rings. The zero-order valence-corrected chi connectivity index (χ0v) is 40.2. The monoisotopic (exact) mass is 915 g/mol. The van der Waals surface area contributed by atoms with Crippen molar-refractivity contribution in [3.63, 3.8) is 0 Å². The minimum absolute atomic E-state index is 0.104. The van der Waals surface area contributed by atoms with E-state index in [1.165, 1.54) is 109 Å². The molecule has 0 saturated carbocycles. The molecule has 1 saturated heterocycles. The fourth-order valence-corrected chi connectivity index (χ4v) is 8.21. The Hall–Kier alpha value is -2.13.